The lowest BCUT2D eigenvalue weighted by molar-refractivity contribution is 0.288. The number of rotatable bonds is 9. The Morgan fingerprint density at radius 3 is 2.90 bits per heavy atom. The van der Waals surface area contributed by atoms with Crippen LogP contribution in [0.3, 0.4) is 0 Å². The number of benzene rings is 1. The first-order valence-corrected chi connectivity index (χ1v) is 10.5. The highest BCUT2D eigenvalue weighted by Crippen LogP contribution is 2.29. The van der Waals surface area contributed by atoms with Gasteiger partial charge in [-0.05, 0) is 49.3 Å². The third-order valence-corrected chi connectivity index (χ3v) is 5.09. The van der Waals surface area contributed by atoms with Gasteiger partial charge in [0.2, 0.25) is 5.88 Å². The number of hydrogen-bond donors (Lipinski definition) is 3. The third kappa shape index (κ3) is 5.50. The summed E-state index contributed by atoms with van der Waals surface area (Å²) in [5, 5.41) is 8.02. The summed E-state index contributed by atoms with van der Waals surface area (Å²) in [5.41, 5.74) is 3.56. The molecular weight excluding hydrogens is 362 g/mol. The number of H-pyrrole nitrogens is 1. The van der Waals surface area contributed by atoms with Crippen LogP contribution < -0.4 is 15.4 Å². The Kier molecular flexibility index (Phi) is 6.29. The number of nitrogens with zero attached hydrogens (tertiary/aromatic N) is 2. The minimum absolute atomic E-state index is 0.582. The van der Waals surface area contributed by atoms with Crippen LogP contribution in [0.4, 0.5) is 0 Å². The Bertz CT molecular complexity index is 943. The summed E-state index contributed by atoms with van der Waals surface area (Å²) in [6, 6.07) is 12.4. The zero-order valence-electron chi connectivity index (χ0n) is 16.9. The molecule has 0 unspecified atom stereocenters. The Morgan fingerprint density at radius 2 is 2.10 bits per heavy atom. The van der Waals surface area contributed by atoms with Gasteiger partial charge in [0.15, 0.2) is 5.96 Å². The van der Waals surface area contributed by atoms with Crippen LogP contribution in [0.25, 0.3) is 10.9 Å². The predicted molar refractivity (Wildman–Crippen MR) is 117 cm³/mol. The van der Waals surface area contributed by atoms with Crippen molar-refractivity contribution in [2.45, 2.75) is 32.7 Å². The highest BCUT2D eigenvalue weighted by molar-refractivity contribution is 5.83. The van der Waals surface area contributed by atoms with Gasteiger partial charge < -0.3 is 20.4 Å². The van der Waals surface area contributed by atoms with Crippen LogP contribution in [0.2, 0.25) is 0 Å². The van der Waals surface area contributed by atoms with E-state index in [0.717, 1.165) is 43.6 Å². The molecule has 0 radical (unpaired) electrons. The quantitative estimate of drug-likeness (QED) is 0.384. The van der Waals surface area contributed by atoms with Crippen molar-refractivity contribution in [1.82, 2.24) is 20.6 Å². The van der Waals surface area contributed by atoms with E-state index in [9.17, 15) is 0 Å². The van der Waals surface area contributed by atoms with Crippen LogP contribution in [0.1, 0.15) is 30.9 Å². The number of aliphatic imine (C=N–C) groups is 1. The van der Waals surface area contributed by atoms with Crippen molar-refractivity contribution in [3.05, 3.63) is 59.9 Å². The summed E-state index contributed by atoms with van der Waals surface area (Å²) in [7, 11) is 0. The van der Waals surface area contributed by atoms with E-state index in [2.05, 4.69) is 63.0 Å². The number of para-hydroxylation sites is 1. The molecule has 0 bridgehead atoms. The molecule has 0 spiro atoms. The van der Waals surface area contributed by atoms with Gasteiger partial charge in [0.25, 0.3) is 0 Å². The largest absolute Gasteiger partial charge is 0.477 e. The number of hydrogen-bond acceptors (Lipinski definition) is 3. The molecule has 3 aromatic rings. The molecular formula is C23H29N5O. The Morgan fingerprint density at radius 1 is 1.21 bits per heavy atom. The molecule has 1 aliphatic carbocycles. The second-order valence-electron chi connectivity index (χ2n) is 7.49. The molecule has 1 fully saturated rings. The van der Waals surface area contributed by atoms with Gasteiger partial charge in [0, 0.05) is 42.5 Å². The van der Waals surface area contributed by atoms with Crippen LogP contribution in [0.5, 0.6) is 5.88 Å². The normalized spacial score (nSPS) is 14.2. The minimum atomic E-state index is 0.582. The topological polar surface area (TPSA) is 74.3 Å². The molecule has 2 heterocycles. The molecule has 6 nitrogen and oxygen atoms in total. The molecule has 1 aliphatic rings. The van der Waals surface area contributed by atoms with Gasteiger partial charge in [-0.15, -0.1) is 0 Å². The first-order chi connectivity index (χ1) is 14.3. The summed E-state index contributed by atoms with van der Waals surface area (Å²) in [5.74, 6) is 2.26. The van der Waals surface area contributed by atoms with Crippen molar-refractivity contribution < 1.29 is 4.74 Å². The van der Waals surface area contributed by atoms with Crippen molar-refractivity contribution in [3.8, 4) is 5.88 Å². The molecule has 29 heavy (non-hydrogen) atoms. The Balaban J connectivity index is 1.28. The molecule has 0 amide bonds. The van der Waals surface area contributed by atoms with E-state index < -0.39 is 0 Å². The molecule has 0 aliphatic heterocycles. The zero-order valence-corrected chi connectivity index (χ0v) is 16.9. The lowest BCUT2D eigenvalue weighted by Crippen LogP contribution is -2.38. The average molecular weight is 392 g/mol. The summed E-state index contributed by atoms with van der Waals surface area (Å²) in [6.45, 7) is 5.09. The number of nitrogens with one attached hydrogen (secondary N) is 3. The fourth-order valence-electron chi connectivity index (χ4n) is 3.24. The van der Waals surface area contributed by atoms with Crippen LogP contribution >= 0.6 is 0 Å². The molecule has 152 valence electrons. The maximum Gasteiger partial charge on any atom is 0.213 e. The first kappa shape index (κ1) is 19.3. The second-order valence-corrected chi connectivity index (χ2v) is 7.49. The number of fused-ring (bicyclic) bond motifs is 1. The van der Waals surface area contributed by atoms with E-state index in [4.69, 9.17) is 4.74 Å². The van der Waals surface area contributed by atoms with Crippen molar-refractivity contribution in [1.29, 1.82) is 0 Å². The minimum Gasteiger partial charge on any atom is -0.477 e. The van der Waals surface area contributed by atoms with Crippen molar-refractivity contribution in [3.63, 3.8) is 0 Å². The molecule has 4 rings (SSSR count). The Hall–Kier alpha value is -3.02. The van der Waals surface area contributed by atoms with Gasteiger partial charge in [0.1, 0.15) is 0 Å². The molecule has 2 aromatic heterocycles. The summed E-state index contributed by atoms with van der Waals surface area (Å²) in [4.78, 5) is 12.4. The summed E-state index contributed by atoms with van der Waals surface area (Å²) in [6.07, 6.45) is 7.44. The fourth-order valence-corrected chi connectivity index (χ4v) is 3.24. The fraction of sp³-hybridized carbons (Fsp3) is 0.391. The van der Waals surface area contributed by atoms with E-state index in [0.29, 0.717) is 12.4 Å². The van der Waals surface area contributed by atoms with Crippen LogP contribution in [0.15, 0.2) is 53.8 Å². The lowest BCUT2D eigenvalue weighted by atomic mass is 10.1. The SMILES string of the molecule is CCNC(=NCc1ccc(OCC2CC2)nc1)NCCc1c[nH]c2ccccc12. The maximum atomic E-state index is 5.69. The van der Waals surface area contributed by atoms with E-state index in [1.807, 2.05) is 18.3 Å². The van der Waals surface area contributed by atoms with E-state index in [-0.39, 0.29) is 0 Å². The van der Waals surface area contributed by atoms with Gasteiger partial charge in [-0.2, -0.15) is 0 Å². The first-order valence-electron chi connectivity index (χ1n) is 10.5. The van der Waals surface area contributed by atoms with Crippen molar-refractivity contribution in [2.75, 3.05) is 19.7 Å². The predicted octanol–water partition coefficient (Wildman–Crippen LogP) is 3.65. The van der Waals surface area contributed by atoms with Gasteiger partial charge in [-0.25, -0.2) is 9.98 Å². The van der Waals surface area contributed by atoms with Gasteiger partial charge in [0.05, 0.1) is 13.2 Å². The summed E-state index contributed by atoms with van der Waals surface area (Å²) < 4.78 is 5.69. The van der Waals surface area contributed by atoms with Crippen LogP contribution in [0, 0.1) is 5.92 Å². The molecule has 6 heteroatoms. The monoisotopic (exact) mass is 391 g/mol. The number of ether oxygens (including phenoxy) is 1. The van der Waals surface area contributed by atoms with Crippen molar-refractivity contribution in [2.24, 2.45) is 10.9 Å². The molecule has 3 N–H and O–H groups in total. The summed E-state index contributed by atoms with van der Waals surface area (Å²) >= 11 is 0. The van der Waals surface area contributed by atoms with Gasteiger partial charge in [-0.1, -0.05) is 24.3 Å². The van der Waals surface area contributed by atoms with Crippen molar-refractivity contribution >= 4 is 16.9 Å². The standard InChI is InChI=1S/C23H29N5O/c1-2-24-23(25-12-11-19-15-26-21-6-4-3-5-20(19)21)28-14-18-9-10-22(27-13-18)29-16-17-7-8-17/h3-6,9-10,13,15,17,26H,2,7-8,11-12,14,16H2,1H3,(H2,24,25,28). The van der Waals surface area contributed by atoms with E-state index >= 15 is 0 Å². The number of guanidine groups is 1. The highest BCUT2D eigenvalue weighted by Gasteiger charge is 2.22. The average Bonchev–Trinajstić information content (AvgIpc) is 3.50. The molecule has 1 aromatic carbocycles. The third-order valence-electron chi connectivity index (χ3n) is 5.09. The highest BCUT2D eigenvalue weighted by atomic mass is 16.5. The zero-order chi connectivity index (χ0) is 19.9. The second kappa shape index (κ2) is 9.45. The Labute approximate surface area is 171 Å². The van der Waals surface area contributed by atoms with Crippen LogP contribution in [-0.4, -0.2) is 35.6 Å². The number of aromatic nitrogens is 2. The lowest BCUT2D eigenvalue weighted by Gasteiger charge is -2.11. The van der Waals surface area contributed by atoms with Gasteiger partial charge >= 0.3 is 0 Å². The smallest absolute Gasteiger partial charge is 0.213 e. The van der Waals surface area contributed by atoms with Crippen LogP contribution in [-0.2, 0) is 13.0 Å². The number of aromatic amines is 1. The van der Waals surface area contributed by atoms with E-state index in [1.54, 1.807) is 0 Å². The number of pyridine rings is 1. The maximum absolute atomic E-state index is 5.69. The van der Waals surface area contributed by atoms with E-state index in [1.165, 1.54) is 29.3 Å². The molecule has 0 saturated heterocycles. The molecule has 0 atom stereocenters. The van der Waals surface area contributed by atoms with Gasteiger partial charge in [-0.3, -0.25) is 0 Å². The molecule has 1 saturated carbocycles.